The molecule has 33 rings (SSSR count). The molecule has 5 aliphatic rings. The number of carbonyl (C=O) groups excluding carboxylic acids is 1. The molecule has 2 amide bonds. The second kappa shape index (κ2) is 10.7. The topological polar surface area (TPSA) is 90.5 Å². The highest BCUT2D eigenvalue weighted by molar-refractivity contribution is 6.82. The van der Waals surface area contributed by atoms with Crippen LogP contribution in [0.3, 0.4) is 0 Å². The van der Waals surface area contributed by atoms with Crippen molar-refractivity contribution in [1.82, 2.24) is 15.5 Å². The smallest absolute Gasteiger partial charge is 0.378 e. The molecule has 0 aromatic heterocycles. The van der Waals surface area contributed by atoms with E-state index in [9.17, 15) is 4.79 Å². The number of nitrogens with zero attached hydrogens (tertiary/aromatic N) is 1. The lowest BCUT2D eigenvalue weighted by Gasteiger charge is -2.49. The number of likely N-dealkylation sites (tertiary alicyclic amines) is 1. The summed E-state index contributed by atoms with van der Waals surface area (Å²) in [6.07, 6.45) is 0.719. The average Bonchev–Trinajstić information content (AvgIpc) is 1.38. The van der Waals surface area contributed by atoms with Gasteiger partial charge in [0.05, 0.1) is 37.3 Å². The summed E-state index contributed by atoms with van der Waals surface area (Å²) in [7, 11) is -2.75. The molecule has 406 valence electrons. The minimum absolute atomic E-state index is 0.194. The van der Waals surface area contributed by atoms with Crippen LogP contribution in [-0.4, -0.2) is 98.7 Å². The highest BCUT2D eigenvalue weighted by atomic mass is 28.4. The fourth-order valence-corrected chi connectivity index (χ4v) is 30.0. The van der Waals surface area contributed by atoms with Crippen molar-refractivity contribution in [2.75, 3.05) is 79.0 Å². The van der Waals surface area contributed by atoms with Crippen molar-refractivity contribution in [2.24, 2.45) is 0 Å². The van der Waals surface area contributed by atoms with Gasteiger partial charge in [0.2, 0.25) is 0 Å². The van der Waals surface area contributed by atoms with Crippen LogP contribution in [0, 0.1) is 0 Å². The first-order valence-electron chi connectivity index (χ1n) is 33.2. The minimum atomic E-state index is -2.75. The van der Waals surface area contributed by atoms with E-state index in [-0.39, 0.29) is 16.9 Å². The maximum absolute atomic E-state index is 12.8. The zero-order valence-corrected chi connectivity index (χ0v) is 48.8. The van der Waals surface area contributed by atoms with Crippen LogP contribution in [0.15, 0.2) is 0 Å². The largest absolute Gasteiger partial charge is 0.500 e. The van der Waals surface area contributed by atoms with Gasteiger partial charge in [0.15, 0.2) is 0 Å². The lowest BCUT2D eigenvalue weighted by Crippen LogP contribution is -2.51. The Labute approximate surface area is 491 Å². The normalized spacial score (nSPS) is 20.8. The molecular formula is C78H39N3O6Si. The highest BCUT2D eigenvalue weighted by Gasteiger charge is 2.72. The van der Waals surface area contributed by atoms with Gasteiger partial charge in [-0.05, 0) is 340 Å². The van der Waals surface area contributed by atoms with E-state index >= 15 is 0 Å². The van der Waals surface area contributed by atoms with Gasteiger partial charge in [0, 0.05) is 58.6 Å². The summed E-state index contributed by atoms with van der Waals surface area (Å²) in [5, 5.41) is 95.1. The third-order valence-corrected chi connectivity index (χ3v) is 31.3. The van der Waals surface area contributed by atoms with Gasteiger partial charge in [-0.15, -0.1) is 0 Å². The standard InChI is InChI=1S/C78H39N3O6Si/c1-4-85-88(86-5-2,87-6-3)15-7-8-79-76(82)80-9-11-83-13-14-84-12-10-81-16-77-72-64-56-46-36-28-20-18-19-22-26-24(20)32-40-34(26)44-38-30(22)31-23(19)27-25-21(18)29(28)37-43-33(25)41-35(27)45-39(31)49-48(38)58-52(44)62-54(40)60(50(56)42(32)36)68(72)70(62)74-66(58)67-59(49)53(45)63-55(41)61-51(43)57(47(37)46)65(64)73(77)69(61)71(63)75(67)78(74,77)17-81/h4-17H2,1-3H3,(H2,79,80,82). The zero-order chi connectivity index (χ0) is 55.0. The van der Waals surface area contributed by atoms with Crippen molar-refractivity contribution in [3.63, 3.8) is 0 Å². The number of hydrogen-bond donors (Lipinski definition) is 2. The number of benzene rings is 18. The quantitative estimate of drug-likeness (QED) is 0.0474. The Hall–Kier alpha value is -8.29. The fraction of sp³-hybridized carbons (Fsp3) is 0.244. The Balaban J connectivity index is 0.640. The number of carbonyl (C=O) groups is 1. The number of ether oxygens (including phenoxy) is 2. The van der Waals surface area contributed by atoms with Crippen LogP contribution in [0.4, 0.5) is 4.79 Å². The predicted octanol–water partition coefficient (Wildman–Crippen LogP) is 17.4. The molecule has 1 aliphatic heterocycles. The molecule has 2 N–H and O–H groups in total. The lowest BCUT2D eigenvalue weighted by atomic mass is 9.50. The van der Waals surface area contributed by atoms with E-state index in [1.54, 1.807) is 313 Å². The second-order valence-electron chi connectivity index (χ2n) is 29.8. The van der Waals surface area contributed by atoms with E-state index in [0.29, 0.717) is 65.4 Å². The van der Waals surface area contributed by atoms with E-state index < -0.39 is 8.80 Å². The Kier molecular flexibility index (Phi) is 4.90. The van der Waals surface area contributed by atoms with Crippen molar-refractivity contribution in [2.45, 2.75) is 44.1 Å². The van der Waals surface area contributed by atoms with Gasteiger partial charge >= 0.3 is 14.8 Å². The van der Waals surface area contributed by atoms with E-state index in [4.69, 9.17) is 22.8 Å². The van der Waals surface area contributed by atoms with E-state index in [1.165, 1.54) is 0 Å². The molecule has 1 heterocycles. The second-order valence-corrected chi connectivity index (χ2v) is 32.5. The molecule has 9 nitrogen and oxygen atoms in total. The summed E-state index contributed by atoms with van der Waals surface area (Å²) in [6.45, 7) is 13.4. The molecule has 10 heteroatoms. The third-order valence-electron chi connectivity index (χ3n) is 28.1. The SMILES string of the molecule is CCO[Si](CCCNC(=O)NCCOCCOCCN1CC23c4c5c6c7c8c9c(c%10c%11c2c2c4c4c%12c5c5c6c6c8c8c%13c9c9c%10c%10c%11c%11c2c2c4c4c%12c%12c5c5c6c8c6c8c%13c9c9c%10c%10c%11c2c2c4c4c%12c5c6c5c8c9c%10c2c45)C73C1)(OCC)OCC. The molecular weight excluding hydrogens is 1100 g/mol. The third kappa shape index (κ3) is 2.76. The van der Waals surface area contributed by atoms with Crippen LogP contribution < -0.4 is 10.6 Å². The van der Waals surface area contributed by atoms with Gasteiger partial charge in [-0.1, -0.05) is 0 Å². The van der Waals surface area contributed by atoms with Gasteiger partial charge in [-0.3, -0.25) is 4.90 Å². The summed E-state index contributed by atoms with van der Waals surface area (Å²) in [5.74, 6) is 0. The first-order chi connectivity index (χ1) is 43.6. The average molecular weight is 1140 g/mol. The number of rotatable bonds is 19. The molecule has 88 heavy (non-hydrogen) atoms. The van der Waals surface area contributed by atoms with Crippen LogP contribution in [-0.2, 0) is 33.6 Å². The predicted molar refractivity (Wildman–Crippen MR) is 363 cm³/mol. The van der Waals surface area contributed by atoms with Crippen LogP contribution in [0.1, 0.15) is 49.4 Å². The van der Waals surface area contributed by atoms with E-state index in [1.807, 2.05) is 20.8 Å². The van der Waals surface area contributed by atoms with E-state index in [0.717, 1.165) is 26.1 Å². The molecule has 0 radical (unpaired) electrons. The van der Waals surface area contributed by atoms with Crippen molar-refractivity contribution < 1.29 is 27.5 Å². The Bertz CT molecular complexity index is 7040. The molecule has 0 atom stereocenters. The van der Waals surface area contributed by atoms with Crippen molar-refractivity contribution in [3.8, 4) is 0 Å². The van der Waals surface area contributed by atoms with Gasteiger partial charge in [-0.2, -0.15) is 0 Å². The number of hydrogen-bond acceptors (Lipinski definition) is 7. The molecule has 0 saturated carbocycles. The van der Waals surface area contributed by atoms with Crippen LogP contribution in [0.25, 0.3) is 291 Å². The number of urea groups is 1. The Morgan fingerprint density at radius 3 is 0.807 bits per heavy atom. The molecule has 2 spiro atoms. The van der Waals surface area contributed by atoms with Gasteiger partial charge in [-0.25, -0.2) is 4.79 Å². The first-order valence-corrected chi connectivity index (χ1v) is 35.1. The number of amides is 2. The molecule has 28 aromatic carbocycles. The van der Waals surface area contributed by atoms with Crippen LogP contribution >= 0.6 is 0 Å². The molecule has 1 fully saturated rings. The molecule has 28 aromatic rings. The summed E-state index contributed by atoms with van der Waals surface area (Å²) in [6, 6.07) is 0.470. The fourth-order valence-electron chi connectivity index (χ4n) is 27.4. The molecule has 0 unspecified atom stereocenters. The van der Waals surface area contributed by atoms with Crippen molar-refractivity contribution in [1.29, 1.82) is 0 Å². The highest BCUT2D eigenvalue weighted by Crippen LogP contribution is 2.85. The van der Waals surface area contributed by atoms with Gasteiger partial charge < -0.3 is 33.4 Å². The Morgan fingerprint density at radius 2 is 0.557 bits per heavy atom. The van der Waals surface area contributed by atoms with Crippen LogP contribution in [0.5, 0.6) is 0 Å². The minimum Gasteiger partial charge on any atom is -0.378 e. The van der Waals surface area contributed by atoms with Crippen LogP contribution in [0.2, 0.25) is 6.04 Å². The summed E-state index contributed by atoms with van der Waals surface area (Å²) in [4.78, 5) is 15.7. The van der Waals surface area contributed by atoms with Crippen molar-refractivity contribution in [3.05, 3.63) is 22.3 Å². The maximum atomic E-state index is 12.8. The lowest BCUT2D eigenvalue weighted by molar-refractivity contribution is 0.0416. The van der Waals surface area contributed by atoms with E-state index in [2.05, 4.69) is 15.5 Å². The monoisotopic (exact) mass is 1140 g/mol. The first kappa shape index (κ1) is 40.3. The van der Waals surface area contributed by atoms with Gasteiger partial charge in [0.1, 0.15) is 0 Å². The molecule has 0 bridgehead atoms. The number of nitrogens with one attached hydrogen (secondary N) is 2. The van der Waals surface area contributed by atoms with Crippen molar-refractivity contribution >= 4 is 306 Å². The van der Waals surface area contributed by atoms with Gasteiger partial charge in [0.25, 0.3) is 0 Å². The molecule has 4 aliphatic carbocycles. The summed E-state index contributed by atoms with van der Waals surface area (Å²) >= 11 is 0. The summed E-state index contributed by atoms with van der Waals surface area (Å²) < 4.78 is 30.8. The molecule has 1 saturated heterocycles. The summed E-state index contributed by atoms with van der Waals surface area (Å²) in [5.41, 5.74) is 6.46. The maximum Gasteiger partial charge on any atom is 0.500 e. The Morgan fingerprint density at radius 1 is 0.330 bits per heavy atom. The zero-order valence-electron chi connectivity index (χ0n) is 47.8.